The summed E-state index contributed by atoms with van der Waals surface area (Å²) in [6.45, 7) is 7.92. The monoisotopic (exact) mass is 385 g/mol. The molecule has 0 atom stereocenters. The summed E-state index contributed by atoms with van der Waals surface area (Å²) in [7, 11) is 0. The van der Waals surface area contributed by atoms with E-state index < -0.39 is 0 Å². The topological polar surface area (TPSA) is 107 Å². The lowest BCUT2D eigenvalue weighted by molar-refractivity contribution is -0.143. The Balaban J connectivity index is 1.85. The fourth-order valence-electron chi connectivity index (χ4n) is 3.06. The number of ether oxygens (including phenoxy) is 1. The molecule has 0 aliphatic heterocycles. The van der Waals surface area contributed by atoms with E-state index in [2.05, 4.69) is 15.5 Å². The molecular weight excluding hydrogens is 362 g/mol. The normalized spacial score (nSPS) is 11.0. The van der Waals surface area contributed by atoms with Crippen molar-refractivity contribution in [3.05, 3.63) is 34.9 Å². The average molecular weight is 385 g/mol. The summed E-state index contributed by atoms with van der Waals surface area (Å²) in [5.41, 5.74) is 2.68. The maximum Gasteiger partial charge on any atom is 0.305 e. The molecule has 0 fully saturated rings. The molecule has 0 aliphatic rings. The second kappa shape index (κ2) is 8.24. The molecule has 148 valence electrons. The number of carbonyl (C=O) groups is 2. The molecule has 0 spiro atoms. The van der Waals surface area contributed by atoms with E-state index in [1.165, 1.54) is 0 Å². The summed E-state index contributed by atoms with van der Waals surface area (Å²) in [5.74, 6) is 0.919. The quantitative estimate of drug-likeness (QED) is 0.490. The fraction of sp³-hybridized carbons (Fsp3) is 0.400. The third-order valence-electron chi connectivity index (χ3n) is 4.33. The van der Waals surface area contributed by atoms with E-state index in [4.69, 9.17) is 13.7 Å². The van der Waals surface area contributed by atoms with Gasteiger partial charge >= 0.3 is 5.97 Å². The van der Waals surface area contributed by atoms with Crippen LogP contribution in [0.3, 0.4) is 0 Å². The van der Waals surface area contributed by atoms with Gasteiger partial charge in [-0.25, -0.2) is 4.98 Å². The van der Waals surface area contributed by atoms with Crippen molar-refractivity contribution in [2.45, 2.75) is 40.5 Å². The second-order valence-electron chi connectivity index (χ2n) is 6.49. The van der Waals surface area contributed by atoms with Gasteiger partial charge in [-0.15, -0.1) is 0 Å². The Morgan fingerprint density at radius 1 is 1.21 bits per heavy atom. The number of furan rings is 1. The molecule has 28 heavy (non-hydrogen) atoms. The standard InChI is InChI=1S/C20H23N3O5/c1-5-26-17(24)7-6-8-21-19(25)15-10-16(14-9-11(2)27-13(14)4)22-20-18(15)12(3)23-28-20/h9-10H,5-8H2,1-4H3,(H,21,25). The van der Waals surface area contributed by atoms with Gasteiger partial charge in [0.1, 0.15) is 11.5 Å². The first kappa shape index (κ1) is 19.6. The Bertz CT molecular complexity index is 1020. The Morgan fingerprint density at radius 2 is 2.00 bits per heavy atom. The molecule has 8 nitrogen and oxygen atoms in total. The van der Waals surface area contributed by atoms with Gasteiger partial charge in [0.25, 0.3) is 11.6 Å². The van der Waals surface area contributed by atoms with E-state index in [0.29, 0.717) is 53.4 Å². The van der Waals surface area contributed by atoms with Crippen molar-refractivity contribution >= 4 is 23.0 Å². The van der Waals surface area contributed by atoms with Crippen LogP contribution in [-0.4, -0.2) is 35.2 Å². The summed E-state index contributed by atoms with van der Waals surface area (Å²) in [6, 6.07) is 3.58. The van der Waals surface area contributed by atoms with Gasteiger partial charge in [0.05, 0.1) is 28.9 Å². The summed E-state index contributed by atoms with van der Waals surface area (Å²) in [4.78, 5) is 28.7. The molecule has 1 N–H and O–H groups in total. The second-order valence-corrected chi connectivity index (χ2v) is 6.49. The van der Waals surface area contributed by atoms with Gasteiger partial charge in [-0.3, -0.25) is 9.59 Å². The van der Waals surface area contributed by atoms with Gasteiger partial charge in [-0.05, 0) is 46.2 Å². The maximum atomic E-state index is 12.8. The van der Waals surface area contributed by atoms with E-state index >= 15 is 0 Å². The zero-order chi connectivity index (χ0) is 20.3. The highest BCUT2D eigenvalue weighted by molar-refractivity contribution is 6.07. The number of hydrogen-bond donors (Lipinski definition) is 1. The van der Waals surface area contributed by atoms with Crippen LogP contribution in [0.4, 0.5) is 0 Å². The van der Waals surface area contributed by atoms with Gasteiger partial charge in [-0.1, -0.05) is 5.16 Å². The molecule has 0 aromatic carbocycles. The van der Waals surface area contributed by atoms with Crippen molar-refractivity contribution < 1.29 is 23.3 Å². The minimum absolute atomic E-state index is 0.255. The zero-order valence-electron chi connectivity index (χ0n) is 16.4. The van der Waals surface area contributed by atoms with Crippen LogP contribution in [0.15, 0.2) is 21.1 Å². The van der Waals surface area contributed by atoms with E-state index in [0.717, 1.165) is 11.3 Å². The van der Waals surface area contributed by atoms with Gasteiger partial charge in [-0.2, -0.15) is 0 Å². The van der Waals surface area contributed by atoms with Crippen LogP contribution in [-0.2, 0) is 9.53 Å². The Morgan fingerprint density at radius 3 is 2.68 bits per heavy atom. The van der Waals surface area contributed by atoms with Crippen molar-refractivity contribution in [1.82, 2.24) is 15.5 Å². The smallest absolute Gasteiger partial charge is 0.305 e. The lowest BCUT2D eigenvalue weighted by Crippen LogP contribution is -2.25. The van der Waals surface area contributed by atoms with Crippen LogP contribution >= 0.6 is 0 Å². The number of hydrogen-bond acceptors (Lipinski definition) is 7. The Hall–Kier alpha value is -3.16. The highest BCUT2D eigenvalue weighted by atomic mass is 16.5. The molecule has 0 aliphatic carbocycles. The molecule has 8 heteroatoms. The molecule has 0 saturated carbocycles. The zero-order valence-corrected chi connectivity index (χ0v) is 16.4. The number of nitrogens with one attached hydrogen (secondary N) is 1. The Labute approximate surface area is 162 Å². The average Bonchev–Trinajstić information content (AvgIpc) is 3.19. The van der Waals surface area contributed by atoms with Crippen molar-refractivity contribution in [3.63, 3.8) is 0 Å². The first-order chi connectivity index (χ1) is 13.4. The van der Waals surface area contributed by atoms with Crippen LogP contribution in [0.25, 0.3) is 22.4 Å². The van der Waals surface area contributed by atoms with Gasteiger partial charge in [0.15, 0.2) is 0 Å². The first-order valence-electron chi connectivity index (χ1n) is 9.19. The molecule has 3 rings (SSSR count). The highest BCUT2D eigenvalue weighted by Crippen LogP contribution is 2.30. The molecule has 3 heterocycles. The minimum Gasteiger partial charge on any atom is -0.466 e. The van der Waals surface area contributed by atoms with Crippen molar-refractivity contribution in [3.8, 4) is 11.3 Å². The van der Waals surface area contributed by atoms with Gasteiger partial charge in [0, 0.05) is 18.5 Å². The predicted molar refractivity (Wildman–Crippen MR) is 102 cm³/mol. The predicted octanol–water partition coefficient (Wildman–Crippen LogP) is 3.48. The van der Waals surface area contributed by atoms with Crippen LogP contribution in [0.5, 0.6) is 0 Å². The number of carbonyl (C=O) groups excluding carboxylic acids is 2. The molecule has 0 radical (unpaired) electrons. The van der Waals surface area contributed by atoms with Crippen molar-refractivity contribution in [2.75, 3.05) is 13.2 Å². The molecular formula is C20H23N3O5. The van der Waals surface area contributed by atoms with Gasteiger partial charge < -0.3 is 19.0 Å². The van der Waals surface area contributed by atoms with Crippen molar-refractivity contribution in [1.29, 1.82) is 0 Å². The highest BCUT2D eigenvalue weighted by Gasteiger charge is 2.20. The molecule has 3 aromatic heterocycles. The Kier molecular flexibility index (Phi) is 5.77. The number of aryl methyl sites for hydroxylation is 3. The first-order valence-corrected chi connectivity index (χ1v) is 9.19. The molecule has 1 amide bonds. The van der Waals surface area contributed by atoms with Crippen molar-refractivity contribution in [2.24, 2.45) is 0 Å². The number of pyridine rings is 1. The lowest BCUT2D eigenvalue weighted by Gasteiger charge is -2.08. The summed E-state index contributed by atoms with van der Waals surface area (Å²) >= 11 is 0. The summed E-state index contributed by atoms with van der Waals surface area (Å²) < 4.78 is 15.8. The van der Waals surface area contributed by atoms with E-state index in [-0.39, 0.29) is 18.3 Å². The number of fused-ring (bicyclic) bond motifs is 1. The number of nitrogens with zero attached hydrogens (tertiary/aromatic N) is 2. The SMILES string of the molecule is CCOC(=O)CCCNC(=O)c1cc(-c2cc(C)oc2C)nc2onc(C)c12. The maximum absolute atomic E-state index is 12.8. The number of amides is 1. The van der Waals surface area contributed by atoms with E-state index in [1.54, 1.807) is 19.9 Å². The van der Waals surface area contributed by atoms with Gasteiger partial charge in [0.2, 0.25) is 0 Å². The number of rotatable bonds is 7. The van der Waals surface area contributed by atoms with Crippen LogP contribution in [0, 0.1) is 20.8 Å². The third-order valence-corrected chi connectivity index (χ3v) is 4.33. The minimum atomic E-state index is -0.276. The summed E-state index contributed by atoms with van der Waals surface area (Å²) in [5, 5.41) is 7.35. The van der Waals surface area contributed by atoms with Crippen LogP contribution in [0.1, 0.15) is 47.3 Å². The number of esters is 1. The molecule has 0 saturated heterocycles. The molecule has 3 aromatic rings. The van der Waals surface area contributed by atoms with Crippen LogP contribution in [0.2, 0.25) is 0 Å². The van der Waals surface area contributed by atoms with Crippen LogP contribution < -0.4 is 5.32 Å². The van der Waals surface area contributed by atoms with E-state index in [9.17, 15) is 9.59 Å². The third kappa shape index (κ3) is 4.05. The molecule has 0 unspecified atom stereocenters. The largest absolute Gasteiger partial charge is 0.466 e. The lowest BCUT2D eigenvalue weighted by atomic mass is 10.1. The summed E-state index contributed by atoms with van der Waals surface area (Å²) in [6.07, 6.45) is 0.749. The fourth-order valence-corrected chi connectivity index (χ4v) is 3.06. The molecule has 0 bridgehead atoms. The van der Waals surface area contributed by atoms with E-state index in [1.807, 2.05) is 19.9 Å². The number of aromatic nitrogens is 2.